The lowest BCUT2D eigenvalue weighted by molar-refractivity contribution is 0.327. The summed E-state index contributed by atoms with van der Waals surface area (Å²) >= 11 is 6.86. The summed E-state index contributed by atoms with van der Waals surface area (Å²) in [6, 6.07) is 9.45. The summed E-state index contributed by atoms with van der Waals surface area (Å²) in [7, 11) is 1.83. The molecule has 0 amide bonds. The number of thiocarbonyl (C=S) groups is 1. The van der Waals surface area contributed by atoms with Gasteiger partial charge in [-0.1, -0.05) is 23.9 Å². The van der Waals surface area contributed by atoms with E-state index in [0.717, 1.165) is 5.56 Å². The maximum Gasteiger partial charge on any atom is 0.230 e. The maximum absolute atomic E-state index is 8.89. The van der Waals surface area contributed by atoms with E-state index in [-0.39, 0.29) is 6.17 Å². The molecule has 7 nitrogen and oxygen atoms in total. The molecule has 1 aromatic heterocycles. The van der Waals surface area contributed by atoms with Crippen LogP contribution in [-0.2, 0) is 0 Å². The summed E-state index contributed by atoms with van der Waals surface area (Å²) in [5, 5.41) is 19.4. The number of rotatable bonds is 2. The van der Waals surface area contributed by atoms with Gasteiger partial charge < -0.3 is 5.32 Å². The highest BCUT2D eigenvalue weighted by Crippen LogP contribution is 2.22. The monoisotopic (exact) mass is 331 g/mol. The number of anilines is 1. The standard InChI is InChI=1S/C13H13N7S2/c1-19-13(21)20-11(16-12(18-20)22-2)15-10(17-19)9-5-3-8(7-14)4-6-9/h3-6,10,17H,1-2H3,(H,15,16,18). The second-order valence-electron chi connectivity index (χ2n) is 4.62. The Morgan fingerprint density at radius 2 is 2.09 bits per heavy atom. The zero-order valence-corrected chi connectivity index (χ0v) is 13.6. The molecule has 2 heterocycles. The number of thioether (sulfide) groups is 1. The van der Waals surface area contributed by atoms with Gasteiger partial charge in [0.2, 0.25) is 16.2 Å². The number of nitriles is 1. The van der Waals surface area contributed by atoms with Crippen LogP contribution >= 0.6 is 24.0 Å². The summed E-state index contributed by atoms with van der Waals surface area (Å²) in [6.45, 7) is 0. The number of fused-ring (bicyclic) bond motifs is 1. The first-order valence-corrected chi connectivity index (χ1v) is 8.07. The van der Waals surface area contributed by atoms with E-state index in [1.807, 2.05) is 25.4 Å². The normalized spacial score (nSPS) is 17.4. The molecule has 1 aliphatic heterocycles. The lowest BCUT2D eigenvalue weighted by Crippen LogP contribution is -2.43. The Labute approximate surface area is 137 Å². The van der Waals surface area contributed by atoms with Crippen molar-refractivity contribution in [3.63, 3.8) is 0 Å². The quantitative estimate of drug-likeness (QED) is 0.634. The van der Waals surface area contributed by atoms with Crippen LogP contribution < -0.4 is 10.7 Å². The third kappa shape index (κ3) is 2.64. The maximum atomic E-state index is 8.89. The molecule has 0 radical (unpaired) electrons. The number of nitrogens with one attached hydrogen (secondary N) is 2. The minimum absolute atomic E-state index is 0.226. The lowest BCUT2D eigenvalue weighted by atomic mass is 10.1. The molecule has 0 spiro atoms. The van der Waals surface area contributed by atoms with Crippen molar-refractivity contribution in [3.8, 4) is 6.07 Å². The second-order valence-corrected chi connectivity index (χ2v) is 5.75. The Kier molecular flexibility index (Phi) is 3.98. The van der Waals surface area contributed by atoms with Gasteiger partial charge in [0.05, 0.1) is 11.6 Å². The van der Waals surface area contributed by atoms with Crippen molar-refractivity contribution >= 4 is 35.0 Å². The third-order valence-corrected chi connectivity index (χ3v) is 4.19. The Morgan fingerprint density at radius 3 is 2.73 bits per heavy atom. The van der Waals surface area contributed by atoms with Gasteiger partial charge in [0, 0.05) is 7.05 Å². The fraction of sp³-hybridized carbons (Fsp3) is 0.231. The van der Waals surface area contributed by atoms with Crippen molar-refractivity contribution in [2.75, 3.05) is 18.6 Å². The number of hydrazine groups is 1. The number of hydrogen-bond acceptors (Lipinski definition) is 7. The van der Waals surface area contributed by atoms with Crippen LogP contribution in [0.4, 0.5) is 5.95 Å². The smallest absolute Gasteiger partial charge is 0.230 e. The average Bonchev–Trinajstić information content (AvgIpc) is 2.92. The number of aromatic nitrogens is 3. The molecule has 9 heteroatoms. The third-order valence-electron chi connectivity index (χ3n) is 3.21. The molecule has 2 aromatic rings. The molecule has 1 atom stereocenters. The molecule has 2 N–H and O–H groups in total. The van der Waals surface area contributed by atoms with Crippen LogP contribution in [0.1, 0.15) is 17.3 Å². The van der Waals surface area contributed by atoms with Crippen LogP contribution in [0.15, 0.2) is 29.4 Å². The van der Waals surface area contributed by atoms with E-state index < -0.39 is 0 Å². The van der Waals surface area contributed by atoms with Gasteiger partial charge in [-0.05, 0) is 36.2 Å². The molecule has 0 aliphatic carbocycles. The Hall–Kier alpha value is -2.15. The van der Waals surface area contributed by atoms with Crippen molar-refractivity contribution in [2.45, 2.75) is 11.3 Å². The fourth-order valence-corrected chi connectivity index (χ4v) is 2.59. The minimum Gasteiger partial charge on any atom is -0.333 e. The average molecular weight is 331 g/mol. The Bertz CT molecular complexity index is 747. The van der Waals surface area contributed by atoms with Crippen LogP contribution in [0.2, 0.25) is 0 Å². The first-order valence-electron chi connectivity index (χ1n) is 6.44. The van der Waals surface area contributed by atoms with E-state index in [1.165, 1.54) is 11.8 Å². The SMILES string of the molecule is CSc1nc2n(n1)C(=S)N(C)NC(c1ccc(C#N)cc1)N2. The zero-order valence-electron chi connectivity index (χ0n) is 11.9. The van der Waals surface area contributed by atoms with Gasteiger partial charge >= 0.3 is 0 Å². The van der Waals surface area contributed by atoms with Crippen molar-refractivity contribution in [1.29, 1.82) is 5.26 Å². The summed E-state index contributed by atoms with van der Waals surface area (Å²) in [5.41, 5.74) is 4.83. The molecule has 0 saturated carbocycles. The van der Waals surface area contributed by atoms with Gasteiger partial charge in [-0.3, -0.25) is 5.01 Å². The van der Waals surface area contributed by atoms with E-state index in [0.29, 0.717) is 21.8 Å². The summed E-state index contributed by atoms with van der Waals surface area (Å²) in [4.78, 5) is 4.42. The number of hydrogen-bond donors (Lipinski definition) is 2. The molecular formula is C13H13N7S2. The molecule has 0 fully saturated rings. The number of nitrogens with zero attached hydrogens (tertiary/aromatic N) is 5. The van der Waals surface area contributed by atoms with Gasteiger partial charge in [-0.2, -0.15) is 14.9 Å². The van der Waals surface area contributed by atoms with E-state index in [2.05, 4.69) is 26.9 Å². The van der Waals surface area contributed by atoms with Crippen LogP contribution in [0.25, 0.3) is 0 Å². The fourth-order valence-electron chi connectivity index (χ4n) is 2.07. The first-order chi connectivity index (χ1) is 10.6. The molecule has 22 heavy (non-hydrogen) atoms. The van der Waals surface area contributed by atoms with E-state index in [4.69, 9.17) is 17.5 Å². The molecule has 1 unspecified atom stereocenters. The highest BCUT2D eigenvalue weighted by Gasteiger charge is 2.25. The largest absolute Gasteiger partial charge is 0.333 e. The van der Waals surface area contributed by atoms with Gasteiger partial charge in [-0.15, -0.1) is 5.10 Å². The summed E-state index contributed by atoms with van der Waals surface area (Å²) in [5.74, 6) is 0.584. The second kappa shape index (κ2) is 5.92. The molecule has 0 bridgehead atoms. The van der Waals surface area contributed by atoms with Crippen molar-refractivity contribution in [1.82, 2.24) is 25.2 Å². The van der Waals surface area contributed by atoms with Gasteiger partial charge in [0.15, 0.2) is 0 Å². The molecule has 3 rings (SSSR count). The van der Waals surface area contributed by atoms with Gasteiger partial charge in [-0.25, -0.2) is 5.43 Å². The highest BCUT2D eigenvalue weighted by molar-refractivity contribution is 7.98. The van der Waals surface area contributed by atoms with Crippen LogP contribution in [0.5, 0.6) is 0 Å². The van der Waals surface area contributed by atoms with Gasteiger partial charge in [0.1, 0.15) is 6.17 Å². The lowest BCUT2D eigenvalue weighted by Gasteiger charge is -2.23. The molecular weight excluding hydrogens is 318 g/mol. The summed E-state index contributed by atoms with van der Waals surface area (Å²) in [6.07, 6.45) is 1.69. The van der Waals surface area contributed by atoms with Crippen LogP contribution in [-0.4, -0.2) is 38.2 Å². The van der Waals surface area contributed by atoms with Crippen LogP contribution in [0, 0.1) is 11.3 Å². The Balaban J connectivity index is 1.96. The minimum atomic E-state index is -0.226. The van der Waals surface area contributed by atoms with E-state index in [9.17, 15) is 0 Å². The first kappa shape index (κ1) is 14.8. The molecule has 112 valence electrons. The predicted molar refractivity (Wildman–Crippen MR) is 88.2 cm³/mol. The van der Waals surface area contributed by atoms with E-state index in [1.54, 1.807) is 21.8 Å². The highest BCUT2D eigenvalue weighted by atomic mass is 32.2. The van der Waals surface area contributed by atoms with Gasteiger partial charge in [0.25, 0.3) is 0 Å². The van der Waals surface area contributed by atoms with Crippen molar-refractivity contribution in [2.24, 2.45) is 0 Å². The number of benzene rings is 1. The molecule has 0 saturated heterocycles. The predicted octanol–water partition coefficient (Wildman–Crippen LogP) is 1.57. The molecule has 1 aliphatic rings. The molecule has 1 aromatic carbocycles. The van der Waals surface area contributed by atoms with Crippen molar-refractivity contribution in [3.05, 3.63) is 35.4 Å². The van der Waals surface area contributed by atoms with Crippen molar-refractivity contribution < 1.29 is 0 Å². The topological polar surface area (TPSA) is 81.8 Å². The van der Waals surface area contributed by atoms with Crippen LogP contribution in [0.3, 0.4) is 0 Å². The van der Waals surface area contributed by atoms with E-state index >= 15 is 0 Å². The Morgan fingerprint density at radius 1 is 1.36 bits per heavy atom. The zero-order chi connectivity index (χ0) is 15.7. The summed E-state index contributed by atoms with van der Waals surface area (Å²) < 4.78 is 1.60.